The van der Waals surface area contributed by atoms with Crippen molar-refractivity contribution in [1.29, 1.82) is 0 Å². The van der Waals surface area contributed by atoms with Crippen LogP contribution < -0.4 is 26.4 Å². The maximum absolute atomic E-state index is 12.9. The second-order valence-electron chi connectivity index (χ2n) is 7.54. The number of rotatable bonds is 4. The number of hydrogen-bond donors (Lipinski definition) is 3. The summed E-state index contributed by atoms with van der Waals surface area (Å²) in [5.74, 6) is -0.246. The van der Waals surface area contributed by atoms with Crippen LogP contribution in [0.1, 0.15) is 37.2 Å². The number of hydrogen-bond acceptors (Lipinski definition) is 8. The molecule has 4 heterocycles. The van der Waals surface area contributed by atoms with Crippen molar-refractivity contribution in [1.82, 2.24) is 15.4 Å². The molecule has 1 atom stereocenters. The number of carbonyl (C=O) groups is 1. The lowest BCUT2D eigenvalue weighted by molar-refractivity contribution is 0.102. The number of nitrogens with two attached hydrogens (primary N) is 1. The smallest absolute Gasteiger partial charge is 0.275 e. The average molecular weight is 452 g/mol. The molecule has 9 heteroatoms. The van der Waals surface area contributed by atoms with Gasteiger partial charge in [0.05, 0.1) is 23.6 Å². The lowest BCUT2D eigenvalue weighted by Gasteiger charge is -2.33. The second kappa shape index (κ2) is 10.1. The molecule has 32 heavy (non-hydrogen) atoms. The summed E-state index contributed by atoms with van der Waals surface area (Å²) in [6.07, 6.45) is 15.5. The quantitative estimate of drug-likeness (QED) is 0.655. The van der Waals surface area contributed by atoms with Gasteiger partial charge in [0, 0.05) is 36.9 Å². The van der Waals surface area contributed by atoms with E-state index in [0.29, 0.717) is 11.4 Å². The summed E-state index contributed by atoms with van der Waals surface area (Å²) in [6, 6.07) is 2.33. The van der Waals surface area contributed by atoms with E-state index in [9.17, 15) is 4.79 Å². The molecule has 0 spiro atoms. The van der Waals surface area contributed by atoms with Crippen molar-refractivity contribution in [3.8, 4) is 0 Å². The molecular weight excluding hydrogens is 422 g/mol. The summed E-state index contributed by atoms with van der Waals surface area (Å²) >= 11 is 1.42. The second-order valence-corrected chi connectivity index (χ2v) is 8.37. The van der Waals surface area contributed by atoms with Gasteiger partial charge in [-0.3, -0.25) is 14.8 Å². The molecule has 5 rings (SSSR count). The average Bonchev–Trinajstić information content (AvgIpc) is 3.49. The van der Waals surface area contributed by atoms with E-state index >= 15 is 0 Å². The van der Waals surface area contributed by atoms with Gasteiger partial charge in [0.15, 0.2) is 0 Å². The molecular formula is C23H29N7OS. The Morgan fingerprint density at radius 2 is 2.09 bits per heavy atom. The van der Waals surface area contributed by atoms with Crippen LogP contribution in [0.2, 0.25) is 0 Å². The topological polar surface area (TPSA) is 99.4 Å². The maximum Gasteiger partial charge on any atom is 0.275 e. The maximum atomic E-state index is 12.9. The standard InChI is InChI=1S/C21H23N7OS.C2H6/c22-15-6-9-27(10-7-15)19-5-8-23-11-17(19)24-20(29)18-13-30-21(25-18)28-12-14-3-1-2-4-16(14)26-28;1-2/h1-5,8,11-13,15-16,26H,6-7,9-10,22H2,(H,24,29);1-2H3. The fourth-order valence-electron chi connectivity index (χ4n) is 3.81. The number of nitrogens with one attached hydrogen (secondary N) is 2. The molecule has 0 bridgehead atoms. The number of aromatic nitrogens is 2. The van der Waals surface area contributed by atoms with Crippen LogP contribution in [-0.2, 0) is 0 Å². The summed E-state index contributed by atoms with van der Waals surface area (Å²) in [5, 5.41) is 7.35. The van der Waals surface area contributed by atoms with Crippen LogP contribution in [0.5, 0.6) is 0 Å². The van der Waals surface area contributed by atoms with Gasteiger partial charge in [0.25, 0.3) is 5.91 Å². The number of fused-ring (bicyclic) bond motifs is 1. The van der Waals surface area contributed by atoms with Crippen molar-refractivity contribution in [3.05, 3.63) is 65.6 Å². The molecule has 4 N–H and O–H groups in total. The fourth-order valence-corrected chi connectivity index (χ4v) is 4.56. The van der Waals surface area contributed by atoms with E-state index in [2.05, 4.69) is 37.8 Å². The number of thiazole rings is 1. The molecule has 0 radical (unpaired) electrons. The first-order chi connectivity index (χ1) is 15.7. The Balaban J connectivity index is 0.00000119. The largest absolute Gasteiger partial charge is 0.370 e. The number of carbonyl (C=O) groups excluding carboxylic acids is 1. The van der Waals surface area contributed by atoms with Crippen LogP contribution in [0.4, 0.5) is 16.5 Å². The minimum atomic E-state index is -0.246. The molecule has 1 unspecified atom stereocenters. The minimum Gasteiger partial charge on any atom is -0.370 e. The van der Waals surface area contributed by atoms with Gasteiger partial charge >= 0.3 is 0 Å². The number of piperidine rings is 1. The molecule has 3 aliphatic rings. The zero-order valence-corrected chi connectivity index (χ0v) is 19.2. The number of allylic oxidation sites excluding steroid dienone is 2. The van der Waals surface area contributed by atoms with E-state index in [0.717, 1.165) is 36.8 Å². The molecule has 8 nitrogen and oxygen atoms in total. The molecule has 1 aliphatic carbocycles. The third-order valence-electron chi connectivity index (χ3n) is 5.48. The Labute approximate surface area is 192 Å². The van der Waals surface area contributed by atoms with Crippen molar-refractivity contribution in [2.24, 2.45) is 5.73 Å². The van der Waals surface area contributed by atoms with E-state index in [-0.39, 0.29) is 18.0 Å². The summed E-state index contributed by atoms with van der Waals surface area (Å²) < 4.78 is 0. The zero-order valence-electron chi connectivity index (χ0n) is 18.4. The van der Waals surface area contributed by atoms with Crippen LogP contribution in [-0.4, -0.2) is 41.0 Å². The van der Waals surface area contributed by atoms with E-state index < -0.39 is 0 Å². The fraction of sp³-hybridized carbons (Fsp3) is 0.348. The van der Waals surface area contributed by atoms with Crippen molar-refractivity contribution < 1.29 is 4.79 Å². The highest BCUT2D eigenvalue weighted by atomic mass is 32.1. The molecule has 2 aromatic heterocycles. The Bertz CT molecular complexity index is 1040. The molecule has 2 aromatic rings. The third-order valence-corrected chi connectivity index (χ3v) is 6.32. The molecule has 1 amide bonds. The number of pyridine rings is 1. The van der Waals surface area contributed by atoms with Crippen LogP contribution >= 0.6 is 11.3 Å². The Hall–Kier alpha value is -3.01. The number of amides is 1. The number of nitrogens with zero attached hydrogens (tertiary/aromatic N) is 4. The van der Waals surface area contributed by atoms with Crippen LogP contribution in [0.15, 0.2) is 59.9 Å². The van der Waals surface area contributed by atoms with E-state index in [1.54, 1.807) is 17.8 Å². The highest BCUT2D eigenvalue weighted by molar-refractivity contribution is 7.14. The van der Waals surface area contributed by atoms with Crippen molar-refractivity contribution in [2.45, 2.75) is 38.8 Å². The van der Waals surface area contributed by atoms with Crippen LogP contribution in [0.3, 0.4) is 0 Å². The van der Waals surface area contributed by atoms with E-state index in [1.807, 2.05) is 43.3 Å². The Morgan fingerprint density at radius 1 is 1.28 bits per heavy atom. The predicted molar refractivity (Wildman–Crippen MR) is 131 cm³/mol. The monoisotopic (exact) mass is 451 g/mol. The summed E-state index contributed by atoms with van der Waals surface area (Å²) in [7, 11) is 0. The summed E-state index contributed by atoms with van der Waals surface area (Å²) in [5.41, 5.74) is 12.6. The lowest BCUT2D eigenvalue weighted by atomic mass is 10.1. The number of anilines is 3. The number of hydrazine groups is 1. The first-order valence-electron chi connectivity index (χ1n) is 11.0. The van der Waals surface area contributed by atoms with Gasteiger partial charge in [0.1, 0.15) is 5.69 Å². The SMILES string of the molecule is CC.NC1CCN(c2ccncc2NC(=O)c2csc(N3C=C4C=CC=CC4N3)n2)CC1. The van der Waals surface area contributed by atoms with Gasteiger partial charge < -0.3 is 16.0 Å². The van der Waals surface area contributed by atoms with Gasteiger partial charge in [-0.25, -0.2) is 10.4 Å². The first kappa shape index (κ1) is 22.2. The van der Waals surface area contributed by atoms with Crippen molar-refractivity contribution in [3.63, 3.8) is 0 Å². The van der Waals surface area contributed by atoms with Gasteiger partial charge in [-0.2, -0.15) is 0 Å². The summed E-state index contributed by atoms with van der Waals surface area (Å²) in [6.45, 7) is 5.74. The van der Waals surface area contributed by atoms with Gasteiger partial charge in [0.2, 0.25) is 5.13 Å². The zero-order chi connectivity index (χ0) is 22.5. The molecule has 168 valence electrons. The Morgan fingerprint density at radius 3 is 2.88 bits per heavy atom. The van der Waals surface area contributed by atoms with Crippen molar-refractivity contribution in [2.75, 3.05) is 28.3 Å². The predicted octanol–water partition coefficient (Wildman–Crippen LogP) is 3.45. The highest BCUT2D eigenvalue weighted by Gasteiger charge is 2.25. The molecule has 1 saturated heterocycles. The normalized spacial score (nSPS) is 19.8. The highest BCUT2D eigenvalue weighted by Crippen LogP contribution is 2.29. The molecule has 2 aliphatic heterocycles. The van der Waals surface area contributed by atoms with Crippen molar-refractivity contribution >= 4 is 33.8 Å². The van der Waals surface area contributed by atoms with Crippen LogP contribution in [0, 0.1) is 0 Å². The van der Waals surface area contributed by atoms with Gasteiger partial charge in [-0.15, -0.1) is 11.3 Å². The lowest BCUT2D eigenvalue weighted by Crippen LogP contribution is -2.40. The molecule has 0 aromatic carbocycles. The summed E-state index contributed by atoms with van der Waals surface area (Å²) in [4.78, 5) is 23.8. The van der Waals surface area contributed by atoms with Gasteiger partial charge in [-0.1, -0.05) is 38.2 Å². The van der Waals surface area contributed by atoms with Crippen LogP contribution in [0.25, 0.3) is 0 Å². The minimum absolute atomic E-state index is 0.145. The molecule has 0 saturated carbocycles. The molecule has 1 fully saturated rings. The third kappa shape index (κ3) is 4.74. The van der Waals surface area contributed by atoms with E-state index in [1.165, 1.54) is 16.9 Å². The first-order valence-corrected chi connectivity index (χ1v) is 11.9. The Kier molecular flexibility index (Phi) is 6.99. The van der Waals surface area contributed by atoms with E-state index in [4.69, 9.17) is 5.73 Å². The van der Waals surface area contributed by atoms with Gasteiger partial charge in [-0.05, 0) is 24.5 Å².